The first-order valence-corrected chi connectivity index (χ1v) is 11.2. The van der Waals surface area contributed by atoms with Crippen LogP contribution in [0.1, 0.15) is 63.9 Å². The standard InChI is InChI=1S/C22H35N7O/c1-22(2,3)20-24-18(17-7-5-8-17)15-19(25-20)29-12-10-28(11-13-29)9-6-14-30-21-23-16-27(4)26-21/h15-17H,5-14H2,1-4H3. The number of aryl methyl sites for hydroxylation is 1. The molecular formula is C22H35N7O. The zero-order valence-corrected chi connectivity index (χ0v) is 18.8. The highest BCUT2D eigenvalue weighted by molar-refractivity contribution is 5.42. The van der Waals surface area contributed by atoms with E-state index in [9.17, 15) is 0 Å². The first kappa shape index (κ1) is 21.0. The Morgan fingerprint density at radius 3 is 2.47 bits per heavy atom. The molecule has 1 aliphatic heterocycles. The molecule has 2 aromatic heterocycles. The van der Waals surface area contributed by atoms with Crippen LogP contribution in [-0.2, 0) is 12.5 Å². The Hall–Kier alpha value is -2.22. The van der Waals surface area contributed by atoms with Gasteiger partial charge in [-0.25, -0.2) is 9.97 Å². The summed E-state index contributed by atoms with van der Waals surface area (Å²) in [6.07, 6.45) is 6.50. The Labute approximate surface area is 179 Å². The lowest BCUT2D eigenvalue weighted by Crippen LogP contribution is -2.47. The van der Waals surface area contributed by atoms with E-state index in [0.717, 1.165) is 50.8 Å². The van der Waals surface area contributed by atoms with Gasteiger partial charge in [0.2, 0.25) is 0 Å². The zero-order valence-electron chi connectivity index (χ0n) is 18.8. The highest BCUT2D eigenvalue weighted by Gasteiger charge is 2.27. The highest BCUT2D eigenvalue weighted by Crippen LogP contribution is 2.37. The number of aromatic nitrogens is 5. The molecule has 2 aliphatic rings. The Bertz CT molecular complexity index is 832. The lowest BCUT2D eigenvalue weighted by molar-refractivity contribution is 0.218. The van der Waals surface area contributed by atoms with Crippen molar-refractivity contribution >= 4 is 5.82 Å². The van der Waals surface area contributed by atoms with E-state index in [0.29, 0.717) is 18.5 Å². The van der Waals surface area contributed by atoms with Crippen molar-refractivity contribution in [3.63, 3.8) is 0 Å². The second kappa shape index (κ2) is 8.88. The number of anilines is 1. The molecule has 164 valence electrons. The van der Waals surface area contributed by atoms with Gasteiger partial charge >= 0.3 is 6.01 Å². The minimum absolute atomic E-state index is 0.0290. The first-order valence-electron chi connectivity index (χ1n) is 11.2. The molecule has 0 radical (unpaired) electrons. The number of hydrogen-bond donors (Lipinski definition) is 0. The quantitative estimate of drug-likeness (QED) is 0.646. The fraction of sp³-hybridized carbons (Fsp3) is 0.727. The summed E-state index contributed by atoms with van der Waals surface area (Å²) in [4.78, 5) is 18.9. The second-order valence-corrected chi connectivity index (χ2v) is 9.58. The van der Waals surface area contributed by atoms with Crippen molar-refractivity contribution < 1.29 is 4.74 Å². The summed E-state index contributed by atoms with van der Waals surface area (Å²) in [7, 11) is 1.84. The first-order chi connectivity index (χ1) is 14.4. The van der Waals surface area contributed by atoms with Crippen LogP contribution in [0.5, 0.6) is 6.01 Å². The van der Waals surface area contributed by atoms with E-state index in [-0.39, 0.29) is 5.41 Å². The maximum Gasteiger partial charge on any atom is 0.335 e. The molecule has 1 saturated heterocycles. The van der Waals surface area contributed by atoms with Crippen molar-refractivity contribution in [1.82, 2.24) is 29.6 Å². The molecule has 0 amide bonds. The average Bonchev–Trinajstić information content (AvgIpc) is 3.09. The molecule has 8 heteroatoms. The van der Waals surface area contributed by atoms with E-state index in [1.165, 1.54) is 25.0 Å². The van der Waals surface area contributed by atoms with Crippen LogP contribution in [0.4, 0.5) is 5.82 Å². The van der Waals surface area contributed by atoms with E-state index in [1.54, 1.807) is 11.0 Å². The third-order valence-corrected chi connectivity index (χ3v) is 6.05. The van der Waals surface area contributed by atoms with Gasteiger partial charge in [-0.05, 0) is 19.3 Å². The van der Waals surface area contributed by atoms with Crippen LogP contribution < -0.4 is 9.64 Å². The van der Waals surface area contributed by atoms with Crippen LogP contribution in [-0.4, -0.2) is 69.0 Å². The molecule has 30 heavy (non-hydrogen) atoms. The highest BCUT2D eigenvalue weighted by atomic mass is 16.5. The molecule has 0 spiro atoms. The predicted molar refractivity (Wildman–Crippen MR) is 117 cm³/mol. The van der Waals surface area contributed by atoms with Crippen LogP contribution in [0.15, 0.2) is 12.4 Å². The van der Waals surface area contributed by atoms with Crippen LogP contribution in [0, 0.1) is 0 Å². The minimum Gasteiger partial charge on any atom is -0.462 e. The molecule has 0 unspecified atom stereocenters. The third kappa shape index (κ3) is 5.09. The van der Waals surface area contributed by atoms with Crippen molar-refractivity contribution in [2.45, 2.75) is 57.8 Å². The topological polar surface area (TPSA) is 72.2 Å². The largest absolute Gasteiger partial charge is 0.462 e. The van der Waals surface area contributed by atoms with Gasteiger partial charge in [0, 0.05) is 62.9 Å². The van der Waals surface area contributed by atoms with Crippen LogP contribution in [0.25, 0.3) is 0 Å². The fourth-order valence-corrected chi connectivity index (χ4v) is 3.90. The maximum atomic E-state index is 5.61. The molecule has 0 atom stereocenters. The smallest absolute Gasteiger partial charge is 0.335 e. The number of hydrogen-bond acceptors (Lipinski definition) is 7. The summed E-state index contributed by atoms with van der Waals surface area (Å²) < 4.78 is 7.26. The molecule has 2 fully saturated rings. The van der Waals surface area contributed by atoms with Crippen LogP contribution >= 0.6 is 0 Å². The average molecular weight is 414 g/mol. The van der Waals surface area contributed by atoms with Gasteiger partial charge in [0.1, 0.15) is 18.0 Å². The third-order valence-electron chi connectivity index (χ3n) is 6.05. The molecule has 2 aromatic rings. The Morgan fingerprint density at radius 1 is 1.10 bits per heavy atom. The SMILES string of the molecule is Cn1cnc(OCCCN2CCN(c3cc(C4CCC4)nc(C(C)(C)C)n3)CC2)n1. The number of rotatable bonds is 7. The van der Waals surface area contributed by atoms with Crippen molar-refractivity contribution in [3.8, 4) is 6.01 Å². The molecule has 0 N–H and O–H groups in total. The van der Waals surface area contributed by atoms with Gasteiger partial charge in [-0.15, -0.1) is 5.10 Å². The van der Waals surface area contributed by atoms with E-state index >= 15 is 0 Å². The van der Waals surface area contributed by atoms with Crippen molar-refractivity contribution in [2.75, 3.05) is 44.2 Å². The second-order valence-electron chi connectivity index (χ2n) is 9.58. The lowest BCUT2D eigenvalue weighted by atomic mass is 9.82. The molecule has 3 heterocycles. The molecule has 0 aromatic carbocycles. The van der Waals surface area contributed by atoms with Crippen molar-refractivity contribution in [2.24, 2.45) is 7.05 Å². The fourth-order valence-electron chi connectivity index (χ4n) is 3.90. The Morgan fingerprint density at radius 2 is 1.87 bits per heavy atom. The van der Waals surface area contributed by atoms with E-state index < -0.39 is 0 Å². The van der Waals surface area contributed by atoms with Gasteiger partial charge in [-0.2, -0.15) is 4.98 Å². The van der Waals surface area contributed by atoms with Gasteiger partial charge in [0.25, 0.3) is 0 Å². The van der Waals surface area contributed by atoms with Gasteiger partial charge in [-0.1, -0.05) is 27.2 Å². The summed E-state index contributed by atoms with van der Waals surface area (Å²) >= 11 is 0. The summed E-state index contributed by atoms with van der Waals surface area (Å²) in [5.74, 6) is 2.72. The Balaban J connectivity index is 1.30. The molecule has 0 bridgehead atoms. The molecule has 1 aliphatic carbocycles. The summed E-state index contributed by atoms with van der Waals surface area (Å²) in [5.41, 5.74) is 1.22. The van der Waals surface area contributed by atoms with Crippen molar-refractivity contribution in [3.05, 3.63) is 23.9 Å². The number of nitrogens with zero attached hydrogens (tertiary/aromatic N) is 7. The van der Waals surface area contributed by atoms with E-state index in [4.69, 9.17) is 14.7 Å². The zero-order chi connectivity index (χ0) is 21.1. The molecular weight excluding hydrogens is 378 g/mol. The van der Waals surface area contributed by atoms with E-state index in [2.05, 4.69) is 46.7 Å². The summed E-state index contributed by atoms with van der Waals surface area (Å²) in [6.45, 7) is 12.4. The summed E-state index contributed by atoms with van der Waals surface area (Å²) in [6, 6.07) is 2.71. The van der Waals surface area contributed by atoms with Gasteiger partial charge < -0.3 is 9.64 Å². The molecule has 4 rings (SSSR count). The number of piperazine rings is 1. The predicted octanol–water partition coefficient (Wildman–Crippen LogP) is 2.76. The normalized spacial score (nSPS) is 18.5. The monoisotopic (exact) mass is 413 g/mol. The van der Waals surface area contributed by atoms with Gasteiger partial charge in [0.15, 0.2) is 0 Å². The van der Waals surface area contributed by atoms with Crippen LogP contribution in [0.3, 0.4) is 0 Å². The van der Waals surface area contributed by atoms with Gasteiger partial charge in [0.05, 0.1) is 6.61 Å². The lowest BCUT2D eigenvalue weighted by Gasteiger charge is -2.36. The minimum atomic E-state index is -0.0290. The Kier molecular flexibility index (Phi) is 6.22. The van der Waals surface area contributed by atoms with Crippen LogP contribution in [0.2, 0.25) is 0 Å². The molecule has 8 nitrogen and oxygen atoms in total. The van der Waals surface area contributed by atoms with E-state index in [1.807, 2.05) is 7.05 Å². The molecule has 1 saturated carbocycles. The number of ether oxygens (including phenoxy) is 1. The van der Waals surface area contributed by atoms with Crippen molar-refractivity contribution in [1.29, 1.82) is 0 Å². The van der Waals surface area contributed by atoms with Gasteiger partial charge in [-0.3, -0.25) is 9.58 Å². The summed E-state index contributed by atoms with van der Waals surface area (Å²) in [5, 5.41) is 4.14. The maximum absolute atomic E-state index is 5.61.